The van der Waals surface area contributed by atoms with Crippen LogP contribution in [0.1, 0.15) is 51.3 Å². The molecule has 2 aromatic heterocycles. The van der Waals surface area contributed by atoms with Crippen LogP contribution in [-0.4, -0.2) is 49.0 Å². The normalized spacial score (nSPS) is 25.5. The summed E-state index contributed by atoms with van der Waals surface area (Å²) in [5, 5.41) is 19.4. The summed E-state index contributed by atoms with van der Waals surface area (Å²) in [4.78, 5) is 27.2. The summed E-state index contributed by atoms with van der Waals surface area (Å²) in [5.41, 5.74) is -0.407. The molecule has 200 valence electrons. The van der Waals surface area contributed by atoms with Crippen molar-refractivity contribution in [2.75, 3.05) is 11.4 Å². The van der Waals surface area contributed by atoms with Crippen LogP contribution in [-0.2, 0) is 29.6 Å². The summed E-state index contributed by atoms with van der Waals surface area (Å²) in [6, 6.07) is 7.37. The number of benzene rings is 1. The third-order valence-corrected chi connectivity index (χ3v) is 7.13. The number of halogens is 2. The van der Waals surface area contributed by atoms with Crippen LogP contribution in [0.2, 0.25) is 0 Å². The number of alkyl halides is 1. The SMILES string of the molecule is CC(C)(O)c1cnc(N2C[C@@]3(CC[C@@H](F)[C@](C)(Cn4cnc5ccc(C#N)cc54)C3)OC2=O)cn1.[Cu][I]. The number of fused-ring (bicyclic) bond motifs is 1. The van der Waals surface area contributed by atoms with E-state index in [-0.39, 0.29) is 13.0 Å². The molecule has 5 rings (SSSR count). The van der Waals surface area contributed by atoms with E-state index in [1.165, 1.54) is 17.3 Å². The van der Waals surface area contributed by atoms with Gasteiger partial charge in [-0.3, -0.25) is 9.88 Å². The van der Waals surface area contributed by atoms with Crippen LogP contribution < -0.4 is 4.90 Å². The number of anilines is 1. The van der Waals surface area contributed by atoms with E-state index in [1.807, 2.05) is 11.5 Å². The zero-order valence-corrected chi connectivity index (χ0v) is 23.7. The standard InChI is InChI=1S/C25H27FN6O3.Cu.HI/c1-23(2,34)20-10-29-21(11-28-20)32-14-25(35-22(32)33)7-6-19(26)24(3,12-25)13-31-15-30-17-5-4-16(9-27)8-18(17)31;;/h4-5,8,10-11,15,19,34H,6-7,12-14H2,1-3H3;;1H/q;+1;/p-1/t19-,24+,25+;;/m1../s1. The summed E-state index contributed by atoms with van der Waals surface area (Å²) in [6.07, 6.45) is 3.91. The summed E-state index contributed by atoms with van der Waals surface area (Å²) in [5.74, 6) is 0.327. The van der Waals surface area contributed by atoms with Gasteiger partial charge in [0.15, 0.2) is 5.82 Å². The molecular formula is C25H27CuFIN6O3. The van der Waals surface area contributed by atoms with Crippen molar-refractivity contribution in [3.63, 3.8) is 0 Å². The van der Waals surface area contributed by atoms with E-state index in [0.717, 1.165) is 11.0 Å². The number of nitriles is 1. The van der Waals surface area contributed by atoms with Gasteiger partial charge in [-0.25, -0.2) is 19.2 Å². The Hall–Kier alpha value is -2.33. The average Bonchev–Trinajstić information content (AvgIpc) is 3.42. The van der Waals surface area contributed by atoms with Gasteiger partial charge in [-0.1, -0.05) is 6.92 Å². The number of amides is 1. The second-order valence-corrected chi connectivity index (χ2v) is 10.5. The summed E-state index contributed by atoms with van der Waals surface area (Å²) in [7, 11) is 0. The number of hydrogen-bond donors (Lipinski definition) is 1. The van der Waals surface area contributed by atoms with Crippen molar-refractivity contribution in [2.45, 2.75) is 64.0 Å². The van der Waals surface area contributed by atoms with Crippen molar-refractivity contribution in [1.82, 2.24) is 19.5 Å². The maximum absolute atomic E-state index is 15.4. The van der Waals surface area contributed by atoms with Gasteiger partial charge < -0.3 is 14.4 Å². The molecule has 3 atom stereocenters. The molecule has 3 aromatic rings. The van der Waals surface area contributed by atoms with Crippen molar-refractivity contribution in [1.29, 1.82) is 5.26 Å². The fourth-order valence-corrected chi connectivity index (χ4v) is 5.27. The molecule has 1 spiro atoms. The average molecular weight is 669 g/mol. The number of carbonyl (C=O) groups is 1. The van der Waals surface area contributed by atoms with Crippen LogP contribution >= 0.6 is 20.3 Å². The molecule has 1 amide bonds. The van der Waals surface area contributed by atoms with Crippen molar-refractivity contribution in [2.24, 2.45) is 5.41 Å². The van der Waals surface area contributed by atoms with Crippen molar-refractivity contribution >= 4 is 43.3 Å². The molecule has 1 N–H and O–H groups in total. The third-order valence-electron chi connectivity index (χ3n) is 7.13. The Bertz CT molecular complexity index is 1340. The summed E-state index contributed by atoms with van der Waals surface area (Å²) >= 11 is 5.87. The zero-order chi connectivity index (χ0) is 27.0. The fourth-order valence-electron chi connectivity index (χ4n) is 5.27. The Morgan fingerprint density at radius 2 is 2.08 bits per heavy atom. The Morgan fingerprint density at radius 3 is 2.73 bits per heavy atom. The number of imidazole rings is 1. The predicted molar refractivity (Wildman–Crippen MR) is 139 cm³/mol. The third kappa shape index (κ3) is 5.46. The van der Waals surface area contributed by atoms with Crippen LogP contribution in [0.5, 0.6) is 0 Å². The van der Waals surface area contributed by atoms with Gasteiger partial charge in [0.25, 0.3) is 0 Å². The molecule has 1 saturated heterocycles. The van der Waals surface area contributed by atoms with Gasteiger partial charge in [-0.05, 0) is 51.3 Å². The van der Waals surface area contributed by atoms with Crippen LogP contribution in [0.3, 0.4) is 0 Å². The van der Waals surface area contributed by atoms with Crippen LogP contribution in [0, 0.1) is 16.7 Å². The first-order valence-electron chi connectivity index (χ1n) is 11.7. The quantitative estimate of drug-likeness (QED) is 0.316. The predicted octanol–water partition coefficient (Wildman–Crippen LogP) is 4.73. The number of aliphatic hydroxyl groups is 1. The van der Waals surface area contributed by atoms with E-state index >= 15 is 4.39 Å². The second-order valence-electron chi connectivity index (χ2n) is 10.5. The van der Waals surface area contributed by atoms with Gasteiger partial charge in [-0.2, -0.15) is 5.26 Å². The van der Waals surface area contributed by atoms with E-state index < -0.39 is 28.9 Å². The Kier molecular flexibility index (Phi) is 7.82. The molecule has 0 radical (unpaired) electrons. The van der Waals surface area contributed by atoms with E-state index in [4.69, 9.17) is 4.74 Å². The molecule has 1 aliphatic carbocycles. The molecule has 2 aliphatic rings. The molecule has 9 nitrogen and oxygen atoms in total. The van der Waals surface area contributed by atoms with E-state index in [0.29, 0.717) is 36.5 Å². The van der Waals surface area contributed by atoms with Gasteiger partial charge in [0.2, 0.25) is 0 Å². The molecular weight excluding hydrogens is 642 g/mol. The van der Waals surface area contributed by atoms with Gasteiger partial charge in [0.1, 0.15) is 17.4 Å². The maximum atomic E-state index is 15.4. The number of aromatic nitrogens is 4. The molecule has 1 saturated carbocycles. The first kappa shape index (κ1) is 27.7. The Labute approximate surface area is 234 Å². The van der Waals surface area contributed by atoms with E-state index in [9.17, 15) is 15.2 Å². The molecule has 0 unspecified atom stereocenters. The molecule has 0 bridgehead atoms. The monoisotopic (exact) mass is 668 g/mol. The van der Waals surface area contributed by atoms with Gasteiger partial charge in [0, 0.05) is 12.0 Å². The van der Waals surface area contributed by atoms with Gasteiger partial charge in [-0.15, -0.1) is 0 Å². The van der Waals surface area contributed by atoms with E-state index in [1.54, 1.807) is 58.7 Å². The first-order chi connectivity index (χ1) is 17.5. The summed E-state index contributed by atoms with van der Waals surface area (Å²) in [6.45, 7) is 5.66. The van der Waals surface area contributed by atoms with Crippen LogP contribution in [0.4, 0.5) is 15.0 Å². The molecule has 3 heterocycles. The van der Waals surface area contributed by atoms with E-state index in [2.05, 4.69) is 33.8 Å². The first-order valence-corrected chi connectivity index (χ1v) is 14.7. The summed E-state index contributed by atoms with van der Waals surface area (Å²) < 4.78 is 23.1. The minimum atomic E-state index is -1.15. The fraction of sp³-hybridized carbons (Fsp3) is 0.480. The van der Waals surface area contributed by atoms with Crippen LogP contribution in [0.15, 0.2) is 36.9 Å². The number of hydrogen-bond acceptors (Lipinski definition) is 7. The topological polar surface area (TPSA) is 117 Å². The van der Waals surface area contributed by atoms with Crippen LogP contribution in [0.25, 0.3) is 11.0 Å². The number of carbonyl (C=O) groups excluding carboxylic acids is 1. The second kappa shape index (κ2) is 10.4. The molecule has 12 heteroatoms. The zero-order valence-electron chi connectivity index (χ0n) is 20.6. The number of ether oxygens (including phenoxy) is 1. The van der Waals surface area contributed by atoms with Crippen molar-refractivity contribution in [3.8, 4) is 6.07 Å². The Morgan fingerprint density at radius 1 is 1.32 bits per heavy atom. The van der Waals surface area contributed by atoms with Gasteiger partial charge in [0.05, 0.1) is 53.6 Å². The molecule has 1 aliphatic heterocycles. The Balaban J connectivity index is 0.00000156. The molecule has 37 heavy (non-hydrogen) atoms. The molecule has 1 aromatic carbocycles. The minimum absolute atomic E-state index is 0.244. The van der Waals surface area contributed by atoms with Crippen molar-refractivity contribution in [3.05, 3.63) is 48.2 Å². The number of nitrogens with zero attached hydrogens (tertiary/aromatic N) is 6. The number of rotatable bonds is 4. The van der Waals surface area contributed by atoms with Crippen molar-refractivity contribution < 1.29 is 31.8 Å². The van der Waals surface area contributed by atoms with Gasteiger partial charge >= 0.3 is 39.2 Å². The molecule has 2 fully saturated rings.